The molecule has 0 saturated heterocycles. The summed E-state index contributed by atoms with van der Waals surface area (Å²) in [7, 11) is 1.90. The van der Waals surface area contributed by atoms with Crippen LogP contribution in [0.1, 0.15) is 11.1 Å². The van der Waals surface area contributed by atoms with E-state index in [9.17, 15) is 5.11 Å². The summed E-state index contributed by atoms with van der Waals surface area (Å²) in [4.78, 5) is 1.94. The molecule has 0 atom stereocenters. The average Bonchev–Trinajstić information content (AvgIpc) is 2.39. The van der Waals surface area contributed by atoms with Gasteiger partial charge in [-0.05, 0) is 48.9 Å². The molecule has 0 spiro atoms. The Morgan fingerprint density at radius 1 is 1.11 bits per heavy atom. The molecule has 0 fully saturated rings. The van der Waals surface area contributed by atoms with Crippen LogP contribution in [-0.2, 0) is 0 Å². The summed E-state index contributed by atoms with van der Waals surface area (Å²) in [5, 5.41) is 18.4. The topological polar surface area (TPSA) is 47.3 Å². The maximum atomic E-state index is 9.28. The lowest BCUT2D eigenvalue weighted by molar-refractivity contribution is 0.475. The van der Waals surface area contributed by atoms with E-state index >= 15 is 0 Å². The summed E-state index contributed by atoms with van der Waals surface area (Å²) in [6.07, 6.45) is 0. The van der Waals surface area contributed by atoms with Gasteiger partial charge in [-0.3, -0.25) is 0 Å². The van der Waals surface area contributed by atoms with Crippen molar-refractivity contribution in [2.75, 3.05) is 11.9 Å². The van der Waals surface area contributed by atoms with E-state index < -0.39 is 0 Å². The minimum atomic E-state index is 0.233. The van der Waals surface area contributed by atoms with Crippen LogP contribution in [0, 0.1) is 18.3 Å². The van der Waals surface area contributed by atoms with E-state index in [-0.39, 0.29) is 5.75 Å². The molecule has 0 aliphatic carbocycles. The Kier molecular flexibility index (Phi) is 3.20. The van der Waals surface area contributed by atoms with Gasteiger partial charge in [0.25, 0.3) is 0 Å². The minimum absolute atomic E-state index is 0.233. The van der Waals surface area contributed by atoms with Gasteiger partial charge in [-0.2, -0.15) is 5.26 Å². The SMILES string of the molecule is Cc1ccc(C#N)c(N(C)c2ccc(O)cc2)c1. The predicted octanol–water partition coefficient (Wildman–Crippen LogP) is 3.34. The van der Waals surface area contributed by atoms with Crippen LogP contribution < -0.4 is 4.90 Å². The third-order valence-corrected chi connectivity index (χ3v) is 2.87. The predicted molar refractivity (Wildman–Crippen MR) is 72.1 cm³/mol. The fraction of sp³-hybridized carbons (Fsp3) is 0.133. The van der Waals surface area contributed by atoms with Crippen LogP contribution in [0.15, 0.2) is 42.5 Å². The number of hydrogen-bond donors (Lipinski definition) is 1. The van der Waals surface area contributed by atoms with Crippen LogP contribution in [0.4, 0.5) is 11.4 Å². The normalized spacial score (nSPS) is 9.83. The van der Waals surface area contributed by atoms with Crippen molar-refractivity contribution in [1.82, 2.24) is 0 Å². The largest absolute Gasteiger partial charge is 0.508 e. The summed E-state index contributed by atoms with van der Waals surface area (Å²) in [5.41, 5.74) is 3.53. The minimum Gasteiger partial charge on any atom is -0.508 e. The number of rotatable bonds is 2. The number of nitrogens with zero attached hydrogens (tertiary/aromatic N) is 2. The Hall–Kier alpha value is -2.47. The number of aromatic hydroxyl groups is 1. The molecule has 3 nitrogen and oxygen atoms in total. The first kappa shape index (κ1) is 12.0. The Bertz CT molecular complexity index is 597. The van der Waals surface area contributed by atoms with Crippen LogP contribution in [0.5, 0.6) is 5.75 Å². The summed E-state index contributed by atoms with van der Waals surface area (Å²) in [6.45, 7) is 2.00. The molecule has 2 aromatic rings. The lowest BCUT2D eigenvalue weighted by Crippen LogP contribution is -2.11. The van der Waals surface area contributed by atoms with E-state index in [0.717, 1.165) is 16.9 Å². The highest BCUT2D eigenvalue weighted by Crippen LogP contribution is 2.28. The molecule has 18 heavy (non-hydrogen) atoms. The van der Waals surface area contributed by atoms with E-state index in [0.29, 0.717) is 5.56 Å². The average molecular weight is 238 g/mol. The van der Waals surface area contributed by atoms with Crippen molar-refractivity contribution in [3.63, 3.8) is 0 Å². The summed E-state index contributed by atoms with van der Waals surface area (Å²) < 4.78 is 0. The van der Waals surface area contributed by atoms with Crippen molar-refractivity contribution < 1.29 is 5.11 Å². The molecule has 0 bridgehead atoms. The molecule has 0 amide bonds. The van der Waals surface area contributed by atoms with Gasteiger partial charge in [0.2, 0.25) is 0 Å². The number of hydrogen-bond acceptors (Lipinski definition) is 3. The van der Waals surface area contributed by atoms with Gasteiger partial charge in [0.1, 0.15) is 11.8 Å². The van der Waals surface area contributed by atoms with Gasteiger partial charge in [0.15, 0.2) is 0 Å². The number of phenols is 1. The van der Waals surface area contributed by atoms with Crippen molar-refractivity contribution in [3.05, 3.63) is 53.6 Å². The first-order chi connectivity index (χ1) is 8.61. The fourth-order valence-electron chi connectivity index (χ4n) is 1.83. The summed E-state index contributed by atoms with van der Waals surface area (Å²) in [5.74, 6) is 0.233. The second-order valence-electron chi connectivity index (χ2n) is 4.21. The smallest absolute Gasteiger partial charge is 0.115 e. The van der Waals surface area contributed by atoms with Gasteiger partial charge in [-0.25, -0.2) is 0 Å². The second kappa shape index (κ2) is 4.80. The molecule has 0 aliphatic heterocycles. The lowest BCUT2D eigenvalue weighted by Gasteiger charge is -2.21. The van der Waals surface area contributed by atoms with E-state index in [1.165, 1.54) is 0 Å². The highest BCUT2D eigenvalue weighted by molar-refractivity contribution is 5.69. The van der Waals surface area contributed by atoms with E-state index in [2.05, 4.69) is 6.07 Å². The zero-order valence-electron chi connectivity index (χ0n) is 10.4. The molecule has 3 heteroatoms. The standard InChI is InChI=1S/C15H14N2O/c1-11-3-4-12(10-16)15(9-11)17(2)13-5-7-14(18)8-6-13/h3-9,18H,1-2H3. The molecule has 2 rings (SSSR count). The Morgan fingerprint density at radius 3 is 2.39 bits per heavy atom. The van der Waals surface area contributed by atoms with Gasteiger partial charge in [0.05, 0.1) is 11.3 Å². The van der Waals surface area contributed by atoms with Crippen LogP contribution >= 0.6 is 0 Å². The van der Waals surface area contributed by atoms with E-state index in [1.54, 1.807) is 12.1 Å². The fourth-order valence-corrected chi connectivity index (χ4v) is 1.83. The zero-order chi connectivity index (χ0) is 13.1. The summed E-state index contributed by atoms with van der Waals surface area (Å²) >= 11 is 0. The molecule has 0 aromatic heterocycles. The molecule has 1 N–H and O–H groups in total. The third-order valence-electron chi connectivity index (χ3n) is 2.87. The van der Waals surface area contributed by atoms with Crippen LogP contribution in [0.2, 0.25) is 0 Å². The van der Waals surface area contributed by atoms with Gasteiger partial charge in [-0.1, -0.05) is 6.07 Å². The highest BCUT2D eigenvalue weighted by atomic mass is 16.3. The van der Waals surface area contributed by atoms with Crippen molar-refractivity contribution in [2.24, 2.45) is 0 Å². The molecule has 90 valence electrons. The lowest BCUT2D eigenvalue weighted by atomic mass is 10.1. The highest BCUT2D eigenvalue weighted by Gasteiger charge is 2.09. The maximum Gasteiger partial charge on any atom is 0.115 e. The quantitative estimate of drug-likeness (QED) is 0.872. The van der Waals surface area contributed by atoms with Gasteiger partial charge in [-0.15, -0.1) is 0 Å². The van der Waals surface area contributed by atoms with Crippen LogP contribution in [0.3, 0.4) is 0 Å². The Morgan fingerprint density at radius 2 is 1.78 bits per heavy atom. The number of nitriles is 1. The zero-order valence-corrected chi connectivity index (χ0v) is 10.4. The first-order valence-corrected chi connectivity index (χ1v) is 5.65. The molecule has 2 aromatic carbocycles. The number of anilines is 2. The van der Waals surface area contributed by atoms with Crippen LogP contribution in [-0.4, -0.2) is 12.2 Å². The van der Waals surface area contributed by atoms with Crippen molar-refractivity contribution in [1.29, 1.82) is 5.26 Å². The second-order valence-corrected chi connectivity index (χ2v) is 4.21. The number of phenolic OH excluding ortho intramolecular Hbond substituents is 1. The van der Waals surface area contributed by atoms with Gasteiger partial charge in [0, 0.05) is 12.7 Å². The maximum absolute atomic E-state index is 9.28. The van der Waals surface area contributed by atoms with Gasteiger partial charge < -0.3 is 10.0 Å². The third kappa shape index (κ3) is 2.28. The van der Waals surface area contributed by atoms with E-state index in [4.69, 9.17) is 5.26 Å². The first-order valence-electron chi connectivity index (χ1n) is 5.65. The molecule has 0 heterocycles. The Labute approximate surface area is 107 Å². The number of aryl methyl sites for hydroxylation is 1. The van der Waals surface area contributed by atoms with Gasteiger partial charge >= 0.3 is 0 Å². The molecule has 0 aliphatic rings. The van der Waals surface area contributed by atoms with Crippen molar-refractivity contribution >= 4 is 11.4 Å². The molecular formula is C15H14N2O. The van der Waals surface area contributed by atoms with Crippen molar-refractivity contribution in [2.45, 2.75) is 6.92 Å². The van der Waals surface area contributed by atoms with Crippen LogP contribution in [0.25, 0.3) is 0 Å². The molecule has 0 unspecified atom stereocenters. The molecular weight excluding hydrogens is 224 g/mol. The Balaban J connectivity index is 2.45. The van der Waals surface area contributed by atoms with E-state index in [1.807, 2.05) is 49.2 Å². The monoisotopic (exact) mass is 238 g/mol. The summed E-state index contributed by atoms with van der Waals surface area (Å²) in [6, 6.07) is 14.8. The molecule has 0 saturated carbocycles. The number of benzene rings is 2. The van der Waals surface area contributed by atoms with Crippen molar-refractivity contribution in [3.8, 4) is 11.8 Å². The molecule has 0 radical (unpaired) electrons.